The summed E-state index contributed by atoms with van der Waals surface area (Å²) in [4.78, 5) is 2.68. The van der Waals surface area contributed by atoms with Gasteiger partial charge in [-0.1, -0.05) is 23.8 Å². The Balaban J connectivity index is 2.34. The van der Waals surface area contributed by atoms with E-state index in [0.717, 1.165) is 22.0 Å². The number of nitrogens with zero attached hydrogens (tertiary/aromatic N) is 1. The summed E-state index contributed by atoms with van der Waals surface area (Å²) in [5.74, 6) is 2.37. The van der Waals surface area contributed by atoms with Crippen LogP contribution in [0.25, 0.3) is 0 Å². The van der Waals surface area contributed by atoms with E-state index in [-0.39, 0.29) is 0 Å². The van der Waals surface area contributed by atoms with Crippen LogP contribution in [0.3, 0.4) is 0 Å². The molecule has 2 rings (SSSR count). The van der Waals surface area contributed by atoms with Crippen molar-refractivity contribution in [2.45, 2.75) is 12.5 Å². The van der Waals surface area contributed by atoms with Crippen LogP contribution in [0.4, 0.5) is 5.69 Å². The van der Waals surface area contributed by atoms with Crippen LogP contribution >= 0.6 is 35.6 Å². The van der Waals surface area contributed by atoms with Gasteiger partial charge in [0.25, 0.3) is 0 Å². The van der Waals surface area contributed by atoms with E-state index in [1.54, 1.807) is 0 Å². The van der Waals surface area contributed by atoms with Crippen LogP contribution in [0.15, 0.2) is 18.2 Å². The average Bonchev–Trinajstić information content (AvgIpc) is 2.80. The maximum absolute atomic E-state index is 6.06. The molecular weight excluding hydrogens is 272 g/mol. The van der Waals surface area contributed by atoms with Gasteiger partial charge >= 0.3 is 0 Å². The first-order valence-electron chi connectivity index (χ1n) is 5.49. The molecule has 1 aliphatic rings. The zero-order valence-corrected chi connectivity index (χ0v) is 12.0. The maximum Gasteiger partial charge on any atom is 0.106 e. The van der Waals surface area contributed by atoms with Gasteiger partial charge in [0, 0.05) is 35.1 Å². The van der Waals surface area contributed by atoms with Gasteiger partial charge in [0.15, 0.2) is 0 Å². The second kappa shape index (κ2) is 5.46. The molecule has 0 saturated carbocycles. The minimum atomic E-state index is 0.425. The van der Waals surface area contributed by atoms with Crippen LogP contribution in [0.5, 0.6) is 0 Å². The monoisotopic (exact) mass is 286 g/mol. The van der Waals surface area contributed by atoms with E-state index in [2.05, 4.69) is 11.9 Å². The van der Waals surface area contributed by atoms with Crippen LogP contribution in [0.2, 0.25) is 5.02 Å². The first-order chi connectivity index (χ1) is 8.09. The molecule has 0 aliphatic carbocycles. The lowest BCUT2D eigenvalue weighted by atomic mass is 10.1. The molecule has 0 aromatic heterocycles. The summed E-state index contributed by atoms with van der Waals surface area (Å²) in [5, 5.41) is 0.720. The van der Waals surface area contributed by atoms with Gasteiger partial charge in [-0.15, -0.1) is 0 Å². The predicted molar refractivity (Wildman–Crippen MR) is 81.5 cm³/mol. The molecule has 1 heterocycles. The largest absolute Gasteiger partial charge is 0.389 e. The van der Waals surface area contributed by atoms with E-state index in [0.29, 0.717) is 11.0 Å². The molecule has 5 heteroatoms. The van der Waals surface area contributed by atoms with Gasteiger partial charge in [-0.25, -0.2) is 0 Å². The maximum atomic E-state index is 6.06. The Kier molecular flexibility index (Phi) is 4.17. The van der Waals surface area contributed by atoms with E-state index < -0.39 is 0 Å². The first kappa shape index (κ1) is 13.0. The summed E-state index contributed by atoms with van der Waals surface area (Å²) >= 11 is 13.1. The number of anilines is 1. The number of benzene rings is 1. The van der Waals surface area contributed by atoms with E-state index in [9.17, 15) is 0 Å². The summed E-state index contributed by atoms with van der Waals surface area (Å²) in [5.41, 5.74) is 7.70. The molecule has 1 fully saturated rings. The number of halogens is 1. The second-order valence-corrected chi connectivity index (χ2v) is 6.18. The van der Waals surface area contributed by atoms with Gasteiger partial charge in [-0.2, -0.15) is 11.8 Å². The predicted octanol–water partition coefficient (Wildman–Crippen LogP) is 2.92. The van der Waals surface area contributed by atoms with Crippen LogP contribution < -0.4 is 10.6 Å². The minimum Gasteiger partial charge on any atom is -0.389 e. The first-order valence-corrected chi connectivity index (χ1v) is 7.43. The molecule has 17 heavy (non-hydrogen) atoms. The number of thioether (sulfide) groups is 1. The Morgan fingerprint density at radius 2 is 2.35 bits per heavy atom. The minimum absolute atomic E-state index is 0.425. The highest BCUT2D eigenvalue weighted by molar-refractivity contribution is 7.99. The third-order valence-corrected chi connectivity index (χ3v) is 4.66. The fraction of sp³-hybridized carbons (Fsp3) is 0.417. The summed E-state index contributed by atoms with van der Waals surface area (Å²) in [6.45, 7) is 0. The topological polar surface area (TPSA) is 29.3 Å². The number of rotatable bonds is 3. The van der Waals surface area contributed by atoms with E-state index in [4.69, 9.17) is 29.6 Å². The fourth-order valence-corrected chi connectivity index (χ4v) is 3.64. The van der Waals surface area contributed by atoms with Crippen LogP contribution in [-0.2, 0) is 0 Å². The molecule has 1 aromatic rings. The van der Waals surface area contributed by atoms with Crippen molar-refractivity contribution in [2.75, 3.05) is 23.5 Å². The standard InChI is InChI=1S/C12H15ClN2S2/c1-15(9-4-5-17-7-9)11-6-8(13)2-3-10(11)12(14)16/h2-3,6,9H,4-5,7H2,1H3,(H2,14,16). The van der Waals surface area contributed by atoms with Gasteiger partial charge in [0.1, 0.15) is 4.99 Å². The van der Waals surface area contributed by atoms with Crippen LogP contribution in [0.1, 0.15) is 12.0 Å². The lowest BCUT2D eigenvalue weighted by molar-refractivity contribution is 0.700. The molecule has 0 radical (unpaired) electrons. The zero-order valence-electron chi connectivity index (χ0n) is 9.65. The van der Waals surface area contributed by atoms with Gasteiger partial charge in [0.2, 0.25) is 0 Å². The Labute approximate surface area is 117 Å². The summed E-state index contributed by atoms with van der Waals surface area (Å²) in [6, 6.07) is 6.22. The van der Waals surface area contributed by atoms with Crippen molar-refractivity contribution in [1.29, 1.82) is 0 Å². The van der Waals surface area contributed by atoms with Crippen molar-refractivity contribution in [3.63, 3.8) is 0 Å². The average molecular weight is 287 g/mol. The van der Waals surface area contributed by atoms with Gasteiger partial charge in [-0.3, -0.25) is 0 Å². The smallest absolute Gasteiger partial charge is 0.106 e. The van der Waals surface area contributed by atoms with Gasteiger partial charge in [-0.05, 0) is 30.4 Å². The van der Waals surface area contributed by atoms with Crippen molar-refractivity contribution in [2.24, 2.45) is 5.73 Å². The molecule has 1 atom stereocenters. The number of thiocarbonyl (C=S) groups is 1. The number of nitrogens with two attached hydrogens (primary N) is 1. The molecule has 2 nitrogen and oxygen atoms in total. The third-order valence-electron chi connectivity index (χ3n) is 3.06. The number of hydrogen-bond donors (Lipinski definition) is 1. The van der Waals surface area contributed by atoms with E-state index >= 15 is 0 Å². The highest BCUT2D eigenvalue weighted by atomic mass is 35.5. The second-order valence-electron chi connectivity index (χ2n) is 4.15. The molecule has 92 valence electrons. The Morgan fingerprint density at radius 3 is 2.94 bits per heavy atom. The fourth-order valence-electron chi connectivity index (χ4n) is 2.03. The summed E-state index contributed by atoms with van der Waals surface area (Å²) in [7, 11) is 2.09. The Hall–Kier alpha value is -0.450. The highest BCUT2D eigenvalue weighted by Gasteiger charge is 2.22. The lowest BCUT2D eigenvalue weighted by Gasteiger charge is -2.28. The Bertz CT molecular complexity index is 431. The molecule has 0 amide bonds. The molecule has 2 N–H and O–H groups in total. The van der Waals surface area contributed by atoms with Crippen LogP contribution in [0, 0.1) is 0 Å². The normalized spacial score (nSPS) is 19.3. The number of hydrogen-bond acceptors (Lipinski definition) is 3. The molecule has 1 aromatic carbocycles. The zero-order chi connectivity index (χ0) is 12.4. The van der Waals surface area contributed by atoms with Gasteiger partial charge < -0.3 is 10.6 Å². The molecule has 1 aliphatic heterocycles. The molecular formula is C12H15ClN2S2. The highest BCUT2D eigenvalue weighted by Crippen LogP contribution is 2.30. The van der Waals surface area contributed by atoms with E-state index in [1.165, 1.54) is 12.2 Å². The molecule has 0 spiro atoms. The molecule has 1 saturated heterocycles. The lowest BCUT2D eigenvalue weighted by Crippen LogP contribution is -2.33. The van der Waals surface area contributed by atoms with Crippen molar-refractivity contribution in [1.82, 2.24) is 0 Å². The third kappa shape index (κ3) is 2.87. The van der Waals surface area contributed by atoms with Crippen molar-refractivity contribution in [3.8, 4) is 0 Å². The van der Waals surface area contributed by atoms with Crippen molar-refractivity contribution >= 4 is 46.3 Å². The van der Waals surface area contributed by atoms with Crippen molar-refractivity contribution in [3.05, 3.63) is 28.8 Å². The summed E-state index contributed by atoms with van der Waals surface area (Å²) in [6.07, 6.45) is 1.20. The van der Waals surface area contributed by atoms with Gasteiger partial charge in [0.05, 0.1) is 0 Å². The van der Waals surface area contributed by atoms with E-state index in [1.807, 2.05) is 30.0 Å². The van der Waals surface area contributed by atoms with Crippen LogP contribution in [-0.4, -0.2) is 29.6 Å². The quantitative estimate of drug-likeness (QED) is 0.865. The summed E-state index contributed by atoms with van der Waals surface area (Å²) < 4.78 is 0. The SMILES string of the molecule is CN(c1cc(Cl)ccc1C(N)=S)C1CCSC1. The van der Waals surface area contributed by atoms with Crippen molar-refractivity contribution < 1.29 is 0 Å². The molecule has 0 bridgehead atoms. The Morgan fingerprint density at radius 1 is 1.59 bits per heavy atom. The molecule has 1 unspecified atom stereocenters.